The monoisotopic (exact) mass is 532 g/mol. The first-order chi connectivity index (χ1) is 19.4. The minimum Gasteiger partial charge on any atom is -0.361 e. The molecule has 3 aromatic heterocycles. The summed E-state index contributed by atoms with van der Waals surface area (Å²) in [5.74, 6) is -0.951. The van der Waals surface area contributed by atoms with Gasteiger partial charge in [0.15, 0.2) is 0 Å². The summed E-state index contributed by atoms with van der Waals surface area (Å²) in [6.07, 6.45) is 5.58. The summed E-state index contributed by atoms with van der Waals surface area (Å²) in [5.41, 5.74) is 6.20. The van der Waals surface area contributed by atoms with Gasteiger partial charge in [-0.3, -0.25) is 14.8 Å². The molecule has 0 bridgehead atoms. The number of aryl methyl sites for hydroxylation is 1. The fourth-order valence-corrected chi connectivity index (χ4v) is 5.25. The molecule has 0 spiro atoms. The Balaban J connectivity index is 1.37. The number of aromatic amines is 1. The molecule has 7 heteroatoms. The van der Waals surface area contributed by atoms with E-state index in [4.69, 9.17) is 4.98 Å². The van der Waals surface area contributed by atoms with Gasteiger partial charge in [0.25, 0.3) is 0 Å². The zero-order valence-corrected chi connectivity index (χ0v) is 21.8. The van der Waals surface area contributed by atoms with Gasteiger partial charge in [0.2, 0.25) is 5.91 Å². The lowest BCUT2D eigenvalue weighted by atomic mass is 9.94. The van der Waals surface area contributed by atoms with Gasteiger partial charge in [-0.1, -0.05) is 30.3 Å². The van der Waals surface area contributed by atoms with Gasteiger partial charge in [0, 0.05) is 46.0 Å². The maximum absolute atomic E-state index is 14.3. The van der Waals surface area contributed by atoms with E-state index in [1.54, 1.807) is 24.7 Å². The number of carbonyl (C=O) groups is 1. The molecule has 5 nitrogen and oxygen atoms in total. The van der Waals surface area contributed by atoms with Crippen molar-refractivity contribution in [1.29, 1.82) is 0 Å². The number of pyridine rings is 2. The lowest BCUT2D eigenvalue weighted by molar-refractivity contribution is -0.121. The molecule has 0 aliphatic carbocycles. The van der Waals surface area contributed by atoms with Crippen LogP contribution in [0.5, 0.6) is 0 Å². The highest BCUT2D eigenvalue weighted by Crippen LogP contribution is 2.31. The molecule has 1 atom stereocenters. The Morgan fingerprint density at radius 2 is 1.82 bits per heavy atom. The van der Waals surface area contributed by atoms with Gasteiger partial charge in [0.05, 0.1) is 23.7 Å². The quantitative estimate of drug-likeness (QED) is 0.232. The highest BCUT2D eigenvalue weighted by atomic mass is 19.1. The Morgan fingerprint density at radius 1 is 0.950 bits per heavy atom. The number of hydrogen-bond acceptors (Lipinski definition) is 3. The number of fused-ring (bicyclic) bond motifs is 2. The maximum Gasteiger partial charge on any atom is 0.225 e. The lowest BCUT2D eigenvalue weighted by Gasteiger charge is -2.22. The van der Waals surface area contributed by atoms with Crippen molar-refractivity contribution in [2.45, 2.75) is 25.8 Å². The van der Waals surface area contributed by atoms with E-state index in [0.717, 1.165) is 38.7 Å². The molecular formula is C33H26F2N4O. The summed E-state index contributed by atoms with van der Waals surface area (Å²) in [4.78, 5) is 25.8. The number of carbonyl (C=O) groups excluding carboxylic acids is 1. The van der Waals surface area contributed by atoms with Gasteiger partial charge in [-0.2, -0.15) is 0 Å². The molecule has 2 N–H and O–H groups in total. The number of amides is 1. The van der Waals surface area contributed by atoms with Crippen LogP contribution in [0.1, 0.15) is 28.4 Å². The van der Waals surface area contributed by atoms with Crippen molar-refractivity contribution in [3.63, 3.8) is 0 Å². The molecule has 0 aliphatic rings. The third-order valence-electron chi connectivity index (χ3n) is 7.03. The lowest BCUT2D eigenvalue weighted by Crippen LogP contribution is -2.32. The van der Waals surface area contributed by atoms with Gasteiger partial charge >= 0.3 is 0 Å². The molecule has 1 amide bonds. The molecular weight excluding hydrogens is 506 g/mol. The van der Waals surface area contributed by atoms with Crippen molar-refractivity contribution in [2.24, 2.45) is 0 Å². The van der Waals surface area contributed by atoms with Crippen LogP contribution in [0.2, 0.25) is 0 Å². The molecule has 0 aliphatic heterocycles. The fraction of sp³-hybridized carbons (Fsp3) is 0.121. The molecule has 0 unspecified atom stereocenters. The fourth-order valence-electron chi connectivity index (χ4n) is 5.25. The second-order valence-corrected chi connectivity index (χ2v) is 9.99. The number of para-hydroxylation sites is 1. The van der Waals surface area contributed by atoms with Crippen molar-refractivity contribution in [3.8, 4) is 11.1 Å². The number of nitrogens with one attached hydrogen (secondary N) is 2. The molecule has 0 saturated heterocycles. The van der Waals surface area contributed by atoms with Crippen LogP contribution in [0, 0.1) is 18.6 Å². The van der Waals surface area contributed by atoms with Crippen molar-refractivity contribution < 1.29 is 13.6 Å². The summed E-state index contributed by atoms with van der Waals surface area (Å²) >= 11 is 0. The zero-order valence-electron chi connectivity index (χ0n) is 21.8. The van der Waals surface area contributed by atoms with Crippen LogP contribution < -0.4 is 5.32 Å². The van der Waals surface area contributed by atoms with Crippen LogP contribution in [0.25, 0.3) is 32.9 Å². The van der Waals surface area contributed by atoms with E-state index in [9.17, 15) is 13.6 Å². The van der Waals surface area contributed by atoms with Crippen molar-refractivity contribution in [3.05, 3.63) is 131 Å². The Kier molecular flexibility index (Phi) is 6.78. The van der Waals surface area contributed by atoms with Crippen LogP contribution in [0.4, 0.5) is 8.78 Å². The Labute approximate surface area is 229 Å². The minimum atomic E-state index is -0.557. The van der Waals surface area contributed by atoms with Gasteiger partial charge in [-0.25, -0.2) is 8.78 Å². The van der Waals surface area contributed by atoms with E-state index in [-0.39, 0.29) is 24.0 Å². The first kappa shape index (κ1) is 25.4. The summed E-state index contributed by atoms with van der Waals surface area (Å²) in [6.45, 7) is 1.84. The molecule has 0 saturated carbocycles. The number of hydrogen-bond donors (Lipinski definition) is 2. The molecule has 3 aromatic carbocycles. The van der Waals surface area contributed by atoms with E-state index in [0.29, 0.717) is 23.1 Å². The summed E-state index contributed by atoms with van der Waals surface area (Å²) < 4.78 is 28.2. The van der Waals surface area contributed by atoms with Crippen LogP contribution in [-0.2, 0) is 17.6 Å². The maximum atomic E-state index is 14.3. The Bertz CT molecular complexity index is 1840. The average Bonchev–Trinajstić information content (AvgIpc) is 3.33. The highest BCUT2D eigenvalue weighted by Gasteiger charge is 2.22. The largest absolute Gasteiger partial charge is 0.361 e. The second-order valence-electron chi connectivity index (χ2n) is 9.99. The molecule has 0 radical (unpaired) electrons. The Hall–Kier alpha value is -4.91. The molecule has 3 heterocycles. The standard InChI is InChI=1S/C33H26F2N4O/c1-20-11-21(13-26(35)12-20)14-31(39-32(40)16-24-19-38-30-9-8-25(34)17-28(24)30)33-27(6-4-10-36-33)23-15-22-5-2-3-7-29(22)37-18-23/h2-13,15,17-19,31,38H,14,16H2,1H3,(H,39,40)/t31-/m0/s1. The topological polar surface area (TPSA) is 70.7 Å². The predicted octanol–water partition coefficient (Wildman–Crippen LogP) is 7.01. The van der Waals surface area contributed by atoms with E-state index in [2.05, 4.69) is 21.4 Å². The molecule has 198 valence electrons. The van der Waals surface area contributed by atoms with Crippen molar-refractivity contribution >= 4 is 27.7 Å². The van der Waals surface area contributed by atoms with E-state index >= 15 is 0 Å². The van der Waals surface area contributed by atoms with Crippen molar-refractivity contribution in [2.75, 3.05) is 0 Å². The molecule has 0 fully saturated rings. The highest BCUT2D eigenvalue weighted by molar-refractivity contribution is 5.89. The van der Waals surface area contributed by atoms with Crippen LogP contribution in [0.3, 0.4) is 0 Å². The van der Waals surface area contributed by atoms with Crippen LogP contribution in [-0.4, -0.2) is 20.9 Å². The van der Waals surface area contributed by atoms with Crippen LogP contribution in [0.15, 0.2) is 97.5 Å². The Morgan fingerprint density at radius 3 is 2.70 bits per heavy atom. The average molecular weight is 533 g/mol. The molecule has 40 heavy (non-hydrogen) atoms. The second kappa shape index (κ2) is 10.7. The van der Waals surface area contributed by atoms with Crippen molar-refractivity contribution in [1.82, 2.24) is 20.3 Å². The van der Waals surface area contributed by atoms with Gasteiger partial charge in [-0.15, -0.1) is 0 Å². The van der Waals surface area contributed by atoms with Crippen LogP contribution >= 0.6 is 0 Å². The van der Waals surface area contributed by atoms with Gasteiger partial charge < -0.3 is 10.3 Å². The third kappa shape index (κ3) is 5.31. The number of rotatable bonds is 7. The summed E-state index contributed by atoms with van der Waals surface area (Å²) in [7, 11) is 0. The first-order valence-corrected chi connectivity index (χ1v) is 13.0. The summed E-state index contributed by atoms with van der Waals surface area (Å²) in [5, 5.41) is 4.78. The SMILES string of the molecule is Cc1cc(F)cc(C[C@H](NC(=O)Cc2c[nH]c3ccc(F)cc23)c2ncccc2-c2cnc3ccccc3c2)c1. The van der Waals surface area contributed by atoms with Gasteiger partial charge in [-0.05, 0) is 78.6 Å². The summed E-state index contributed by atoms with van der Waals surface area (Å²) in [6, 6.07) is 22.5. The third-order valence-corrected chi connectivity index (χ3v) is 7.03. The number of aromatic nitrogens is 3. The number of benzene rings is 3. The van der Waals surface area contributed by atoms with E-state index in [1.165, 1.54) is 24.3 Å². The minimum absolute atomic E-state index is 0.0435. The molecule has 6 rings (SSSR count). The van der Waals surface area contributed by atoms with E-state index < -0.39 is 6.04 Å². The number of H-pyrrole nitrogens is 1. The number of halogens is 2. The predicted molar refractivity (Wildman–Crippen MR) is 153 cm³/mol. The number of nitrogens with zero attached hydrogens (tertiary/aromatic N) is 2. The van der Waals surface area contributed by atoms with E-state index in [1.807, 2.05) is 49.4 Å². The normalized spacial score (nSPS) is 12.1. The smallest absolute Gasteiger partial charge is 0.225 e. The van der Waals surface area contributed by atoms with Gasteiger partial charge in [0.1, 0.15) is 11.6 Å². The zero-order chi connectivity index (χ0) is 27.6. The molecule has 6 aromatic rings. The first-order valence-electron chi connectivity index (χ1n) is 13.0.